The molecule has 2 aromatic rings. The van der Waals surface area contributed by atoms with Crippen molar-refractivity contribution in [3.05, 3.63) is 66.0 Å². The fourth-order valence-electron chi connectivity index (χ4n) is 1.96. The van der Waals surface area contributed by atoms with E-state index in [1.807, 2.05) is 36.5 Å². The van der Waals surface area contributed by atoms with Gasteiger partial charge in [-0.2, -0.15) is 0 Å². The molecule has 1 aromatic carbocycles. The molecule has 0 aliphatic carbocycles. The first-order valence-electron chi connectivity index (χ1n) is 6.48. The number of aromatic nitrogens is 1. The molecule has 0 saturated carbocycles. The van der Waals surface area contributed by atoms with Crippen LogP contribution in [-0.4, -0.2) is 12.1 Å². The molecule has 2 nitrogen and oxygen atoms in total. The molecule has 2 rings (SSSR count). The first-order chi connectivity index (χ1) is 9.20. The molecule has 0 saturated heterocycles. The summed E-state index contributed by atoms with van der Waals surface area (Å²) in [7, 11) is 1.68. The zero-order valence-electron chi connectivity index (χ0n) is 11.6. The molecule has 0 unspecified atom stereocenters. The SMILES string of the molecule is COc1ccc(/C(=C/C(C)C)c2ccccn2)cc1. The number of rotatable bonds is 4. The minimum atomic E-state index is 0.471. The van der Waals surface area contributed by atoms with E-state index in [1.165, 1.54) is 5.57 Å². The van der Waals surface area contributed by atoms with Crippen molar-refractivity contribution in [2.45, 2.75) is 13.8 Å². The number of allylic oxidation sites excluding steroid dienone is 1. The molecule has 0 atom stereocenters. The number of hydrogen-bond donors (Lipinski definition) is 0. The molecule has 1 heterocycles. The fourth-order valence-corrected chi connectivity index (χ4v) is 1.96. The lowest BCUT2D eigenvalue weighted by molar-refractivity contribution is 0.415. The Bertz CT molecular complexity index is 541. The first-order valence-corrected chi connectivity index (χ1v) is 6.48. The summed E-state index contributed by atoms with van der Waals surface area (Å²) < 4.78 is 5.20. The third kappa shape index (κ3) is 3.44. The molecule has 2 heteroatoms. The standard InChI is InChI=1S/C17H19NO/c1-13(2)12-16(17-6-4-5-11-18-17)14-7-9-15(19-3)10-8-14/h4-13H,1-3H3/b16-12-. The maximum atomic E-state index is 5.20. The number of hydrogen-bond acceptors (Lipinski definition) is 2. The van der Waals surface area contributed by atoms with Crippen molar-refractivity contribution in [2.75, 3.05) is 7.11 Å². The Morgan fingerprint density at radius 1 is 1.11 bits per heavy atom. The van der Waals surface area contributed by atoms with Crippen molar-refractivity contribution in [1.82, 2.24) is 4.98 Å². The summed E-state index contributed by atoms with van der Waals surface area (Å²) in [6.45, 7) is 4.35. The van der Waals surface area contributed by atoms with Gasteiger partial charge in [0.25, 0.3) is 0 Å². The molecule has 0 N–H and O–H groups in total. The highest BCUT2D eigenvalue weighted by atomic mass is 16.5. The second-order valence-corrected chi connectivity index (χ2v) is 4.77. The predicted molar refractivity (Wildman–Crippen MR) is 79.1 cm³/mol. The number of pyridine rings is 1. The molecule has 0 aliphatic heterocycles. The van der Waals surface area contributed by atoms with Gasteiger partial charge in [0.2, 0.25) is 0 Å². The van der Waals surface area contributed by atoms with Crippen LogP contribution in [0.25, 0.3) is 5.57 Å². The smallest absolute Gasteiger partial charge is 0.118 e. The minimum absolute atomic E-state index is 0.471. The summed E-state index contributed by atoms with van der Waals surface area (Å²) in [5.41, 5.74) is 3.33. The molecule has 0 amide bonds. The van der Waals surface area contributed by atoms with Crippen LogP contribution >= 0.6 is 0 Å². The van der Waals surface area contributed by atoms with E-state index in [4.69, 9.17) is 4.74 Å². The normalized spacial score (nSPS) is 11.7. The van der Waals surface area contributed by atoms with Crippen LogP contribution in [0.5, 0.6) is 5.75 Å². The molecule has 1 aromatic heterocycles. The van der Waals surface area contributed by atoms with Crippen molar-refractivity contribution < 1.29 is 4.74 Å². The highest BCUT2D eigenvalue weighted by Gasteiger charge is 2.07. The van der Waals surface area contributed by atoms with Gasteiger partial charge in [0.1, 0.15) is 5.75 Å². The highest BCUT2D eigenvalue weighted by Crippen LogP contribution is 2.25. The van der Waals surface area contributed by atoms with E-state index < -0.39 is 0 Å². The summed E-state index contributed by atoms with van der Waals surface area (Å²) in [6, 6.07) is 14.1. The van der Waals surface area contributed by atoms with Crippen molar-refractivity contribution in [3.63, 3.8) is 0 Å². The summed E-state index contributed by atoms with van der Waals surface area (Å²) in [5.74, 6) is 1.34. The van der Waals surface area contributed by atoms with Crippen molar-refractivity contribution >= 4 is 5.57 Å². The van der Waals surface area contributed by atoms with E-state index in [0.29, 0.717) is 5.92 Å². The maximum absolute atomic E-state index is 5.20. The van der Waals surface area contributed by atoms with Gasteiger partial charge in [-0.05, 0) is 35.7 Å². The summed E-state index contributed by atoms with van der Waals surface area (Å²) in [6.07, 6.45) is 4.07. The lowest BCUT2D eigenvalue weighted by Gasteiger charge is -2.10. The van der Waals surface area contributed by atoms with Crippen LogP contribution in [0.15, 0.2) is 54.7 Å². The zero-order valence-corrected chi connectivity index (χ0v) is 11.6. The lowest BCUT2D eigenvalue weighted by Crippen LogP contribution is -1.94. The summed E-state index contributed by atoms with van der Waals surface area (Å²) >= 11 is 0. The molecular weight excluding hydrogens is 234 g/mol. The van der Waals surface area contributed by atoms with E-state index in [-0.39, 0.29) is 0 Å². The monoisotopic (exact) mass is 253 g/mol. The molecule has 98 valence electrons. The maximum Gasteiger partial charge on any atom is 0.118 e. The van der Waals surface area contributed by atoms with Gasteiger partial charge in [0, 0.05) is 11.8 Å². The van der Waals surface area contributed by atoms with Crippen LogP contribution in [-0.2, 0) is 0 Å². The molecular formula is C17H19NO. The zero-order chi connectivity index (χ0) is 13.7. The van der Waals surface area contributed by atoms with Crippen LogP contribution in [0.4, 0.5) is 0 Å². The van der Waals surface area contributed by atoms with E-state index in [2.05, 4.69) is 37.0 Å². The molecule has 0 bridgehead atoms. The molecule has 0 aliphatic rings. The number of methoxy groups -OCH3 is 1. The average molecular weight is 253 g/mol. The molecule has 0 spiro atoms. The van der Waals surface area contributed by atoms with Gasteiger partial charge in [-0.1, -0.05) is 38.1 Å². The minimum Gasteiger partial charge on any atom is -0.497 e. The van der Waals surface area contributed by atoms with E-state index in [9.17, 15) is 0 Å². The largest absolute Gasteiger partial charge is 0.497 e. The highest BCUT2D eigenvalue weighted by molar-refractivity contribution is 5.78. The number of benzene rings is 1. The quantitative estimate of drug-likeness (QED) is 0.815. The van der Waals surface area contributed by atoms with Crippen molar-refractivity contribution in [3.8, 4) is 5.75 Å². The Hall–Kier alpha value is -2.09. The van der Waals surface area contributed by atoms with Gasteiger partial charge in [0.05, 0.1) is 12.8 Å². The Balaban J connectivity index is 2.43. The van der Waals surface area contributed by atoms with Crippen molar-refractivity contribution in [1.29, 1.82) is 0 Å². The first kappa shape index (κ1) is 13.3. The summed E-state index contributed by atoms with van der Waals surface area (Å²) in [4.78, 5) is 4.45. The fraction of sp³-hybridized carbons (Fsp3) is 0.235. The predicted octanol–water partition coefficient (Wildman–Crippen LogP) is 4.18. The van der Waals surface area contributed by atoms with Crippen LogP contribution in [0, 0.1) is 5.92 Å². The van der Waals surface area contributed by atoms with Crippen LogP contribution in [0.2, 0.25) is 0 Å². The lowest BCUT2D eigenvalue weighted by atomic mass is 9.98. The second-order valence-electron chi connectivity index (χ2n) is 4.77. The van der Waals surface area contributed by atoms with Crippen LogP contribution in [0.1, 0.15) is 25.1 Å². The van der Waals surface area contributed by atoms with Gasteiger partial charge in [-0.25, -0.2) is 0 Å². The molecule has 19 heavy (non-hydrogen) atoms. The molecule has 0 fully saturated rings. The topological polar surface area (TPSA) is 22.1 Å². The number of nitrogens with zero attached hydrogens (tertiary/aromatic N) is 1. The Morgan fingerprint density at radius 2 is 1.84 bits per heavy atom. The van der Waals surface area contributed by atoms with Gasteiger partial charge < -0.3 is 4.74 Å². The number of ether oxygens (including phenoxy) is 1. The van der Waals surface area contributed by atoms with E-state index in [1.54, 1.807) is 7.11 Å². The third-order valence-electron chi connectivity index (χ3n) is 2.84. The van der Waals surface area contributed by atoms with E-state index >= 15 is 0 Å². The van der Waals surface area contributed by atoms with Gasteiger partial charge in [-0.15, -0.1) is 0 Å². The summed E-state index contributed by atoms with van der Waals surface area (Å²) in [5, 5.41) is 0. The van der Waals surface area contributed by atoms with E-state index in [0.717, 1.165) is 17.0 Å². The van der Waals surface area contributed by atoms with Gasteiger partial charge in [-0.3, -0.25) is 4.98 Å². The Morgan fingerprint density at radius 3 is 2.37 bits per heavy atom. The van der Waals surface area contributed by atoms with Crippen molar-refractivity contribution in [2.24, 2.45) is 5.92 Å². The average Bonchev–Trinajstić information content (AvgIpc) is 2.46. The van der Waals surface area contributed by atoms with Gasteiger partial charge in [0.15, 0.2) is 0 Å². The van der Waals surface area contributed by atoms with Crippen LogP contribution < -0.4 is 4.74 Å². The molecule has 0 radical (unpaired) electrons. The Labute approximate surface area is 114 Å². The third-order valence-corrected chi connectivity index (χ3v) is 2.84. The Kier molecular flexibility index (Phi) is 4.35. The van der Waals surface area contributed by atoms with Gasteiger partial charge >= 0.3 is 0 Å². The second kappa shape index (κ2) is 6.19. The van der Waals surface area contributed by atoms with Crippen LogP contribution in [0.3, 0.4) is 0 Å².